The minimum atomic E-state index is -0.995. The van der Waals surface area contributed by atoms with Crippen LogP contribution in [0.4, 0.5) is 0 Å². The van der Waals surface area contributed by atoms with Crippen molar-refractivity contribution < 1.29 is 14.3 Å². The third kappa shape index (κ3) is 4.53. The molecule has 2 atom stereocenters. The zero-order chi connectivity index (χ0) is 19.9. The molecule has 0 aliphatic heterocycles. The molecule has 1 amide bonds. The third-order valence-corrected chi connectivity index (χ3v) is 4.76. The molecule has 140 valence electrons. The van der Waals surface area contributed by atoms with Gasteiger partial charge in [0.15, 0.2) is 0 Å². The molecule has 2 aromatic rings. The number of ether oxygens (including phenoxy) is 1. The summed E-state index contributed by atoms with van der Waals surface area (Å²) in [5, 5.41) is 11.9. The van der Waals surface area contributed by atoms with E-state index < -0.39 is 23.3 Å². The second-order valence-electron chi connectivity index (χ2n) is 6.67. The van der Waals surface area contributed by atoms with E-state index in [1.54, 1.807) is 6.92 Å². The highest BCUT2D eigenvalue weighted by atomic mass is 16.5. The van der Waals surface area contributed by atoms with E-state index in [0.717, 1.165) is 11.1 Å². The maximum Gasteiger partial charge on any atom is 0.328 e. The fraction of sp³-hybridized carbons (Fsp3) is 0.318. The summed E-state index contributed by atoms with van der Waals surface area (Å²) in [5.41, 5.74) is 0.626. The molecular formula is C22H24N2O3. The third-order valence-electron chi connectivity index (χ3n) is 4.76. The van der Waals surface area contributed by atoms with Crippen LogP contribution in [0.1, 0.15) is 31.4 Å². The molecule has 0 fully saturated rings. The van der Waals surface area contributed by atoms with Gasteiger partial charge in [0.1, 0.15) is 6.04 Å². The van der Waals surface area contributed by atoms with Crippen LogP contribution >= 0.6 is 0 Å². The number of benzene rings is 2. The Kier molecular flexibility index (Phi) is 6.73. The second-order valence-corrected chi connectivity index (χ2v) is 6.67. The van der Waals surface area contributed by atoms with Crippen LogP contribution in [-0.4, -0.2) is 25.0 Å². The SMILES string of the molecule is COC(=O)[C@H](C[C@@H](C)C#N)NC(=O)C(C)(c1ccccc1)c1ccccc1. The second kappa shape index (κ2) is 9.00. The van der Waals surface area contributed by atoms with Gasteiger partial charge < -0.3 is 10.1 Å². The van der Waals surface area contributed by atoms with Crippen molar-refractivity contribution in [3.05, 3.63) is 71.8 Å². The summed E-state index contributed by atoms with van der Waals surface area (Å²) in [6.07, 6.45) is 0.189. The number of carbonyl (C=O) groups is 2. The molecule has 5 heteroatoms. The molecule has 0 aromatic heterocycles. The number of nitriles is 1. The van der Waals surface area contributed by atoms with Crippen LogP contribution in [0, 0.1) is 17.2 Å². The predicted octanol–water partition coefficient (Wildman–Crippen LogP) is 3.20. The Morgan fingerprint density at radius 1 is 1.07 bits per heavy atom. The average Bonchev–Trinajstić information content (AvgIpc) is 2.72. The van der Waals surface area contributed by atoms with Gasteiger partial charge in [-0.3, -0.25) is 4.79 Å². The van der Waals surface area contributed by atoms with Crippen LogP contribution < -0.4 is 5.32 Å². The van der Waals surface area contributed by atoms with Gasteiger partial charge in [-0.15, -0.1) is 0 Å². The van der Waals surface area contributed by atoms with Gasteiger partial charge in [-0.25, -0.2) is 4.79 Å². The minimum absolute atomic E-state index is 0.189. The van der Waals surface area contributed by atoms with Gasteiger partial charge in [-0.05, 0) is 31.4 Å². The summed E-state index contributed by atoms with van der Waals surface area (Å²) in [6, 6.07) is 20.0. The summed E-state index contributed by atoms with van der Waals surface area (Å²) in [5.74, 6) is -1.27. The first kappa shape index (κ1) is 20.2. The minimum Gasteiger partial charge on any atom is -0.467 e. The molecule has 0 heterocycles. The van der Waals surface area contributed by atoms with Gasteiger partial charge in [0.05, 0.1) is 18.6 Å². The number of nitrogens with one attached hydrogen (secondary N) is 1. The summed E-state index contributed by atoms with van der Waals surface area (Å²) in [4.78, 5) is 25.5. The van der Waals surface area contributed by atoms with Crippen LogP contribution in [0.5, 0.6) is 0 Å². The predicted molar refractivity (Wildman–Crippen MR) is 103 cm³/mol. The smallest absolute Gasteiger partial charge is 0.328 e. The molecule has 2 rings (SSSR count). The Morgan fingerprint density at radius 2 is 1.56 bits per heavy atom. The number of nitrogens with zero attached hydrogens (tertiary/aromatic N) is 1. The maximum atomic E-state index is 13.4. The Morgan fingerprint density at radius 3 is 1.96 bits per heavy atom. The van der Waals surface area contributed by atoms with E-state index in [0.29, 0.717) is 0 Å². The van der Waals surface area contributed by atoms with Crippen molar-refractivity contribution in [1.82, 2.24) is 5.32 Å². The van der Waals surface area contributed by atoms with Crippen molar-refractivity contribution in [3.63, 3.8) is 0 Å². The van der Waals surface area contributed by atoms with E-state index >= 15 is 0 Å². The molecule has 1 N–H and O–H groups in total. The number of esters is 1. The molecule has 27 heavy (non-hydrogen) atoms. The van der Waals surface area contributed by atoms with Gasteiger partial charge >= 0.3 is 5.97 Å². The lowest BCUT2D eigenvalue weighted by Crippen LogP contribution is -2.50. The zero-order valence-electron chi connectivity index (χ0n) is 15.8. The summed E-state index contributed by atoms with van der Waals surface area (Å²) in [6.45, 7) is 3.53. The van der Waals surface area contributed by atoms with Crippen molar-refractivity contribution in [2.24, 2.45) is 5.92 Å². The van der Waals surface area contributed by atoms with Crippen LogP contribution in [0.25, 0.3) is 0 Å². The first-order chi connectivity index (χ1) is 12.9. The average molecular weight is 364 g/mol. The fourth-order valence-corrected chi connectivity index (χ4v) is 3.04. The number of methoxy groups -OCH3 is 1. The lowest BCUT2D eigenvalue weighted by Gasteiger charge is -2.31. The molecule has 0 saturated heterocycles. The summed E-state index contributed by atoms with van der Waals surface area (Å²) < 4.78 is 4.82. The number of hydrogen-bond donors (Lipinski definition) is 1. The van der Waals surface area contributed by atoms with Crippen LogP contribution in [0.3, 0.4) is 0 Å². The van der Waals surface area contributed by atoms with Crippen LogP contribution in [-0.2, 0) is 19.7 Å². The van der Waals surface area contributed by atoms with Crippen LogP contribution in [0.2, 0.25) is 0 Å². The first-order valence-electron chi connectivity index (χ1n) is 8.83. The van der Waals surface area contributed by atoms with Crippen molar-refractivity contribution in [2.45, 2.75) is 31.7 Å². The maximum absolute atomic E-state index is 13.4. The Hall–Kier alpha value is -3.13. The lowest BCUT2D eigenvalue weighted by atomic mass is 9.75. The topological polar surface area (TPSA) is 79.2 Å². The van der Waals surface area contributed by atoms with Gasteiger partial charge in [0, 0.05) is 5.92 Å². The zero-order valence-corrected chi connectivity index (χ0v) is 15.8. The van der Waals surface area contributed by atoms with E-state index in [1.807, 2.05) is 67.6 Å². The molecule has 0 bridgehead atoms. The molecule has 0 radical (unpaired) electrons. The molecule has 2 aromatic carbocycles. The van der Waals surface area contributed by atoms with Crippen molar-refractivity contribution >= 4 is 11.9 Å². The summed E-state index contributed by atoms with van der Waals surface area (Å²) in [7, 11) is 1.27. The van der Waals surface area contributed by atoms with E-state index in [-0.39, 0.29) is 12.3 Å². The lowest BCUT2D eigenvalue weighted by molar-refractivity contribution is -0.146. The monoisotopic (exact) mass is 364 g/mol. The van der Waals surface area contributed by atoms with Crippen LogP contribution in [0.15, 0.2) is 60.7 Å². The van der Waals surface area contributed by atoms with E-state index in [1.165, 1.54) is 7.11 Å². The molecule has 0 unspecified atom stereocenters. The van der Waals surface area contributed by atoms with Crippen molar-refractivity contribution in [2.75, 3.05) is 7.11 Å². The van der Waals surface area contributed by atoms with Gasteiger partial charge in [0.25, 0.3) is 0 Å². The van der Waals surface area contributed by atoms with E-state index in [2.05, 4.69) is 11.4 Å². The van der Waals surface area contributed by atoms with Gasteiger partial charge in [-0.1, -0.05) is 60.7 Å². The largest absolute Gasteiger partial charge is 0.467 e. The molecule has 0 aliphatic carbocycles. The molecule has 0 spiro atoms. The Labute approximate surface area is 160 Å². The van der Waals surface area contributed by atoms with Crippen molar-refractivity contribution in [3.8, 4) is 6.07 Å². The fourth-order valence-electron chi connectivity index (χ4n) is 3.04. The number of amides is 1. The van der Waals surface area contributed by atoms with E-state index in [4.69, 9.17) is 10.00 Å². The Bertz CT molecular complexity index is 773. The number of carbonyl (C=O) groups excluding carboxylic acids is 2. The first-order valence-corrected chi connectivity index (χ1v) is 8.83. The quantitative estimate of drug-likeness (QED) is 0.765. The highest BCUT2D eigenvalue weighted by molar-refractivity contribution is 5.94. The highest BCUT2D eigenvalue weighted by Gasteiger charge is 2.39. The number of hydrogen-bond acceptors (Lipinski definition) is 4. The molecular weight excluding hydrogens is 340 g/mol. The number of rotatable bonds is 7. The van der Waals surface area contributed by atoms with Crippen molar-refractivity contribution in [1.29, 1.82) is 5.26 Å². The molecule has 0 aliphatic rings. The summed E-state index contributed by atoms with van der Waals surface area (Å²) >= 11 is 0. The molecule has 5 nitrogen and oxygen atoms in total. The molecule has 0 saturated carbocycles. The Balaban J connectivity index is 2.42. The highest BCUT2D eigenvalue weighted by Crippen LogP contribution is 2.32. The van der Waals surface area contributed by atoms with E-state index in [9.17, 15) is 9.59 Å². The van der Waals surface area contributed by atoms with Gasteiger partial charge in [-0.2, -0.15) is 5.26 Å². The standard InChI is InChI=1S/C22H24N2O3/c1-16(15-23)14-19(20(25)27-3)24-21(26)22(2,17-10-6-4-7-11-17)18-12-8-5-9-13-18/h4-13,16,19H,14H2,1-3H3,(H,24,26)/t16-,19+/m1/s1. The van der Waals surface area contributed by atoms with Gasteiger partial charge in [0.2, 0.25) is 5.91 Å². The normalized spacial score (nSPS) is 13.1.